The van der Waals surface area contributed by atoms with Crippen LogP contribution in [0.4, 0.5) is 0 Å². The molecule has 1 aromatic heterocycles. The summed E-state index contributed by atoms with van der Waals surface area (Å²) in [5, 5.41) is 15.1. The highest BCUT2D eigenvalue weighted by Crippen LogP contribution is 2.10. The third kappa shape index (κ3) is 4.06. The van der Waals surface area contributed by atoms with E-state index in [1.54, 1.807) is 6.92 Å². The topological polar surface area (TPSA) is 102 Å². The largest absolute Gasteiger partial charge is 0.480 e. The number of hydrogen-bond donors (Lipinski definition) is 2. The summed E-state index contributed by atoms with van der Waals surface area (Å²) in [5.41, 5.74) is 0.0432. The van der Waals surface area contributed by atoms with E-state index in [2.05, 4.69) is 10.5 Å². The maximum absolute atomic E-state index is 11.9. The van der Waals surface area contributed by atoms with Gasteiger partial charge < -0.3 is 19.7 Å². The first-order chi connectivity index (χ1) is 8.99. The number of nitrogens with zero attached hydrogens (tertiary/aromatic N) is 1. The minimum atomic E-state index is -1.07. The lowest BCUT2D eigenvalue weighted by molar-refractivity contribution is -0.140. The molecule has 2 atom stereocenters. The van der Waals surface area contributed by atoms with Gasteiger partial charge in [-0.1, -0.05) is 25.4 Å². The van der Waals surface area contributed by atoms with Gasteiger partial charge in [0.05, 0.1) is 0 Å². The number of carboxylic acids is 1. The van der Waals surface area contributed by atoms with Crippen LogP contribution in [0.1, 0.15) is 36.5 Å². The van der Waals surface area contributed by atoms with Crippen molar-refractivity contribution in [2.24, 2.45) is 5.92 Å². The number of hydrogen-bond acceptors (Lipinski definition) is 5. The molecule has 0 saturated carbocycles. The summed E-state index contributed by atoms with van der Waals surface area (Å²) in [5.74, 6) is -1.41. The molecule has 0 saturated heterocycles. The van der Waals surface area contributed by atoms with Gasteiger partial charge in [-0.15, -0.1) is 0 Å². The minimum Gasteiger partial charge on any atom is -0.480 e. The molecule has 0 aliphatic rings. The predicted octanol–water partition coefficient (Wildman–Crippen LogP) is 1.05. The Bertz CT molecular complexity index is 443. The molecular weight excluding hydrogens is 252 g/mol. The second-order valence-electron chi connectivity index (χ2n) is 4.29. The summed E-state index contributed by atoms with van der Waals surface area (Å²) in [6.07, 6.45) is 0.644. The van der Waals surface area contributed by atoms with Gasteiger partial charge in [0, 0.05) is 13.2 Å². The van der Waals surface area contributed by atoms with Crippen molar-refractivity contribution in [1.82, 2.24) is 10.5 Å². The van der Waals surface area contributed by atoms with E-state index < -0.39 is 17.9 Å². The van der Waals surface area contributed by atoms with Crippen LogP contribution in [0.25, 0.3) is 0 Å². The highest BCUT2D eigenvalue weighted by Gasteiger charge is 2.26. The highest BCUT2D eigenvalue weighted by molar-refractivity contribution is 5.94. The number of aromatic nitrogens is 1. The zero-order chi connectivity index (χ0) is 14.4. The first kappa shape index (κ1) is 15.2. The van der Waals surface area contributed by atoms with E-state index in [1.807, 2.05) is 6.92 Å². The van der Waals surface area contributed by atoms with Crippen molar-refractivity contribution in [3.63, 3.8) is 0 Å². The summed E-state index contributed by atoms with van der Waals surface area (Å²) in [7, 11) is 1.49. The molecule has 0 unspecified atom stereocenters. The molecule has 1 aromatic rings. The van der Waals surface area contributed by atoms with E-state index in [4.69, 9.17) is 14.4 Å². The molecule has 1 amide bonds. The van der Waals surface area contributed by atoms with E-state index in [-0.39, 0.29) is 18.2 Å². The van der Waals surface area contributed by atoms with Gasteiger partial charge in [-0.2, -0.15) is 0 Å². The van der Waals surface area contributed by atoms with Gasteiger partial charge in [0.2, 0.25) is 0 Å². The van der Waals surface area contributed by atoms with Crippen molar-refractivity contribution in [2.45, 2.75) is 32.9 Å². The van der Waals surface area contributed by atoms with Crippen LogP contribution in [-0.2, 0) is 16.1 Å². The Morgan fingerprint density at radius 3 is 2.79 bits per heavy atom. The molecule has 0 fully saturated rings. The van der Waals surface area contributed by atoms with Crippen molar-refractivity contribution in [3.8, 4) is 0 Å². The molecule has 106 valence electrons. The number of rotatable bonds is 7. The van der Waals surface area contributed by atoms with E-state index in [1.165, 1.54) is 13.2 Å². The first-order valence-corrected chi connectivity index (χ1v) is 5.97. The molecule has 7 nitrogen and oxygen atoms in total. The van der Waals surface area contributed by atoms with Gasteiger partial charge in [0.1, 0.15) is 12.6 Å². The number of carbonyl (C=O) groups is 2. The van der Waals surface area contributed by atoms with Crippen LogP contribution in [0, 0.1) is 5.92 Å². The standard InChI is InChI=1S/C12H18N2O5/c1-4-7(2)10(12(16)17)13-11(15)9-5-8(6-18-3)19-14-9/h5,7,10H,4,6H2,1-3H3,(H,13,15)(H,16,17)/t7-,10+/m1/s1. The molecule has 0 radical (unpaired) electrons. The Labute approximate surface area is 110 Å². The molecule has 19 heavy (non-hydrogen) atoms. The number of ether oxygens (including phenoxy) is 1. The molecule has 0 aromatic carbocycles. The van der Waals surface area contributed by atoms with Gasteiger partial charge in [-0.05, 0) is 5.92 Å². The maximum Gasteiger partial charge on any atom is 0.326 e. The van der Waals surface area contributed by atoms with Gasteiger partial charge in [0.15, 0.2) is 11.5 Å². The summed E-state index contributed by atoms with van der Waals surface area (Å²) in [6.45, 7) is 3.83. The number of nitrogens with one attached hydrogen (secondary N) is 1. The van der Waals surface area contributed by atoms with E-state index in [0.29, 0.717) is 12.2 Å². The van der Waals surface area contributed by atoms with Crippen LogP contribution in [0.2, 0.25) is 0 Å². The quantitative estimate of drug-likeness (QED) is 0.767. The Kier molecular flexibility index (Phi) is 5.50. The Morgan fingerprint density at radius 1 is 1.58 bits per heavy atom. The zero-order valence-electron chi connectivity index (χ0n) is 11.2. The third-order valence-electron chi connectivity index (χ3n) is 2.84. The van der Waals surface area contributed by atoms with Crippen molar-refractivity contribution in [1.29, 1.82) is 0 Å². The number of carbonyl (C=O) groups excluding carboxylic acids is 1. The van der Waals surface area contributed by atoms with Crippen molar-refractivity contribution < 1.29 is 24.0 Å². The fourth-order valence-corrected chi connectivity index (χ4v) is 1.53. The maximum atomic E-state index is 11.9. The Hall–Kier alpha value is -1.89. The molecule has 0 spiro atoms. The van der Waals surface area contributed by atoms with Crippen LogP contribution in [0.5, 0.6) is 0 Å². The highest BCUT2D eigenvalue weighted by atomic mass is 16.5. The number of amides is 1. The SMILES string of the molecule is CC[C@@H](C)[C@H](NC(=O)c1cc(COC)on1)C(=O)O. The molecule has 0 aliphatic carbocycles. The lowest BCUT2D eigenvalue weighted by atomic mass is 9.99. The molecular formula is C12H18N2O5. The summed E-state index contributed by atoms with van der Waals surface area (Å²) in [4.78, 5) is 23.0. The molecule has 0 bridgehead atoms. The smallest absolute Gasteiger partial charge is 0.326 e. The van der Waals surface area contributed by atoms with Crippen molar-refractivity contribution >= 4 is 11.9 Å². The van der Waals surface area contributed by atoms with Crippen LogP contribution in [0.15, 0.2) is 10.6 Å². The molecule has 1 heterocycles. The fourth-order valence-electron chi connectivity index (χ4n) is 1.53. The van der Waals surface area contributed by atoms with E-state index in [9.17, 15) is 9.59 Å². The number of aliphatic carboxylic acids is 1. The van der Waals surface area contributed by atoms with Crippen LogP contribution < -0.4 is 5.32 Å². The zero-order valence-corrected chi connectivity index (χ0v) is 11.2. The summed E-state index contributed by atoms with van der Waals surface area (Å²) < 4.78 is 9.71. The number of methoxy groups -OCH3 is 1. The lowest BCUT2D eigenvalue weighted by Gasteiger charge is -2.19. The Balaban J connectivity index is 2.73. The Morgan fingerprint density at radius 2 is 2.26 bits per heavy atom. The van der Waals surface area contributed by atoms with E-state index in [0.717, 1.165) is 0 Å². The van der Waals surface area contributed by atoms with Crippen molar-refractivity contribution in [3.05, 3.63) is 17.5 Å². The monoisotopic (exact) mass is 270 g/mol. The van der Waals surface area contributed by atoms with Gasteiger partial charge in [-0.3, -0.25) is 4.79 Å². The number of carboxylic acid groups (broad SMARTS) is 1. The van der Waals surface area contributed by atoms with Crippen LogP contribution in [0.3, 0.4) is 0 Å². The second kappa shape index (κ2) is 6.89. The van der Waals surface area contributed by atoms with Crippen molar-refractivity contribution in [2.75, 3.05) is 7.11 Å². The van der Waals surface area contributed by atoms with Gasteiger partial charge >= 0.3 is 5.97 Å². The van der Waals surface area contributed by atoms with Crippen LogP contribution in [-0.4, -0.2) is 35.3 Å². The van der Waals surface area contributed by atoms with Gasteiger partial charge in [-0.25, -0.2) is 4.79 Å². The predicted molar refractivity (Wildman–Crippen MR) is 65.6 cm³/mol. The van der Waals surface area contributed by atoms with E-state index >= 15 is 0 Å². The average Bonchev–Trinajstić information content (AvgIpc) is 2.83. The fraction of sp³-hybridized carbons (Fsp3) is 0.583. The van der Waals surface area contributed by atoms with Crippen LogP contribution >= 0.6 is 0 Å². The average molecular weight is 270 g/mol. The summed E-state index contributed by atoms with van der Waals surface area (Å²) in [6, 6.07) is 0.481. The van der Waals surface area contributed by atoms with Gasteiger partial charge in [0.25, 0.3) is 5.91 Å². The molecule has 1 rings (SSSR count). The first-order valence-electron chi connectivity index (χ1n) is 5.97. The third-order valence-corrected chi connectivity index (χ3v) is 2.84. The lowest BCUT2D eigenvalue weighted by Crippen LogP contribution is -2.45. The minimum absolute atomic E-state index is 0.0432. The second-order valence-corrected chi connectivity index (χ2v) is 4.29. The molecule has 7 heteroatoms. The normalized spacial score (nSPS) is 13.8. The molecule has 0 aliphatic heterocycles. The molecule has 2 N–H and O–H groups in total. The summed E-state index contributed by atoms with van der Waals surface area (Å²) >= 11 is 0.